The quantitative estimate of drug-likeness (QED) is 0.531. The molecule has 0 saturated carbocycles. The first-order valence-corrected chi connectivity index (χ1v) is 10.9. The number of sulfone groups is 1. The van der Waals surface area contributed by atoms with E-state index in [4.69, 9.17) is 18.9 Å². The second-order valence-corrected chi connectivity index (χ2v) is 8.98. The Morgan fingerprint density at radius 2 is 1.72 bits per heavy atom. The fourth-order valence-electron chi connectivity index (χ4n) is 3.13. The van der Waals surface area contributed by atoms with Gasteiger partial charge in [0.15, 0.2) is 27.9 Å². The number of aryl methyl sites for hydroxylation is 1. The van der Waals surface area contributed by atoms with Gasteiger partial charge < -0.3 is 23.8 Å². The molecule has 1 fully saturated rings. The Morgan fingerprint density at radius 1 is 1.10 bits per heavy atom. The van der Waals surface area contributed by atoms with Crippen LogP contribution in [0.2, 0.25) is 0 Å². The van der Waals surface area contributed by atoms with E-state index in [9.17, 15) is 18.0 Å². The molecule has 1 heterocycles. The van der Waals surface area contributed by atoms with Crippen LogP contribution in [0.1, 0.15) is 18.4 Å². The van der Waals surface area contributed by atoms with Crippen LogP contribution in [0.3, 0.4) is 0 Å². The van der Waals surface area contributed by atoms with Gasteiger partial charge in [0.1, 0.15) is 0 Å². The van der Waals surface area contributed by atoms with E-state index in [0.29, 0.717) is 30.1 Å². The maximum absolute atomic E-state index is 12.2. The average Bonchev–Trinajstić information content (AvgIpc) is 3.08. The summed E-state index contributed by atoms with van der Waals surface area (Å²) in [5, 5.41) is 0. The van der Waals surface area contributed by atoms with Gasteiger partial charge in [-0.3, -0.25) is 9.59 Å². The van der Waals surface area contributed by atoms with Gasteiger partial charge in [-0.1, -0.05) is 0 Å². The zero-order chi connectivity index (χ0) is 21.6. The Hall–Kier alpha value is -2.49. The van der Waals surface area contributed by atoms with Crippen LogP contribution in [0.5, 0.6) is 17.2 Å². The van der Waals surface area contributed by atoms with E-state index in [1.807, 2.05) is 0 Å². The number of hydrogen-bond donors (Lipinski definition) is 0. The van der Waals surface area contributed by atoms with Gasteiger partial charge in [-0.25, -0.2) is 8.42 Å². The maximum Gasteiger partial charge on any atom is 0.306 e. The molecule has 1 aromatic rings. The minimum Gasteiger partial charge on any atom is -0.493 e. The molecular formula is C19H27NO8S. The number of esters is 1. The lowest BCUT2D eigenvalue weighted by Gasteiger charge is -2.23. The number of amides is 1. The fourth-order valence-corrected chi connectivity index (χ4v) is 4.90. The van der Waals surface area contributed by atoms with Crippen LogP contribution in [-0.4, -0.2) is 77.7 Å². The van der Waals surface area contributed by atoms with Gasteiger partial charge in [0.05, 0.1) is 32.8 Å². The molecule has 1 saturated heterocycles. The topological polar surface area (TPSA) is 108 Å². The smallest absolute Gasteiger partial charge is 0.306 e. The molecule has 0 aliphatic carbocycles. The molecule has 0 radical (unpaired) electrons. The van der Waals surface area contributed by atoms with Crippen LogP contribution >= 0.6 is 0 Å². The number of nitrogens with zero attached hydrogens (tertiary/aromatic N) is 1. The molecule has 0 aromatic heterocycles. The zero-order valence-electron chi connectivity index (χ0n) is 17.1. The fraction of sp³-hybridized carbons (Fsp3) is 0.579. The number of rotatable bonds is 9. The van der Waals surface area contributed by atoms with Crippen LogP contribution in [-0.2, 0) is 30.6 Å². The van der Waals surface area contributed by atoms with Crippen LogP contribution in [0.15, 0.2) is 12.1 Å². The highest BCUT2D eigenvalue weighted by atomic mass is 32.2. The Balaban J connectivity index is 1.86. The molecule has 1 aliphatic rings. The van der Waals surface area contributed by atoms with Crippen LogP contribution in [0.25, 0.3) is 0 Å². The molecule has 10 heteroatoms. The van der Waals surface area contributed by atoms with E-state index < -0.39 is 28.3 Å². The number of benzene rings is 1. The highest BCUT2D eigenvalue weighted by molar-refractivity contribution is 7.91. The number of likely N-dealkylation sites (N-methyl/N-ethyl adjacent to an activating group) is 1. The van der Waals surface area contributed by atoms with Crippen molar-refractivity contribution in [2.45, 2.75) is 25.3 Å². The molecule has 162 valence electrons. The summed E-state index contributed by atoms with van der Waals surface area (Å²) in [5.41, 5.74) is 0.788. The van der Waals surface area contributed by atoms with E-state index in [1.54, 1.807) is 12.1 Å². The first-order valence-electron chi connectivity index (χ1n) is 9.11. The molecule has 1 atom stereocenters. The van der Waals surface area contributed by atoms with Crippen molar-refractivity contribution >= 4 is 21.7 Å². The third-order valence-electron chi connectivity index (χ3n) is 4.85. The first-order chi connectivity index (χ1) is 13.7. The largest absolute Gasteiger partial charge is 0.493 e. The molecule has 1 aliphatic heterocycles. The molecule has 2 rings (SSSR count). The summed E-state index contributed by atoms with van der Waals surface area (Å²) in [6, 6.07) is 3.12. The minimum absolute atomic E-state index is 0.0513. The van der Waals surface area contributed by atoms with Crippen LogP contribution in [0.4, 0.5) is 0 Å². The van der Waals surface area contributed by atoms with Gasteiger partial charge >= 0.3 is 5.97 Å². The van der Waals surface area contributed by atoms with Crippen molar-refractivity contribution in [3.05, 3.63) is 17.7 Å². The third kappa shape index (κ3) is 5.99. The van der Waals surface area contributed by atoms with Gasteiger partial charge in [0.25, 0.3) is 5.91 Å². The number of carbonyl (C=O) groups is 2. The Bertz CT molecular complexity index is 827. The summed E-state index contributed by atoms with van der Waals surface area (Å²) in [5.74, 6) is 0.502. The molecule has 1 amide bonds. The first kappa shape index (κ1) is 22.8. The average molecular weight is 429 g/mol. The molecule has 29 heavy (non-hydrogen) atoms. The lowest BCUT2D eigenvalue weighted by atomic mass is 10.1. The summed E-state index contributed by atoms with van der Waals surface area (Å²) < 4.78 is 43.9. The molecule has 0 bridgehead atoms. The summed E-state index contributed by atoms with van der Waals surface area (Å²) in [4.78, 5) is 25.5. The van der Waals surface area contributed by atoms with Crippen molar-refractivity contribution in [1.82, 2.24) is 4.90 Å². The number of ether oxygens (including phenoxy) is 4. The van der Waals surface area contributed by atoms with Gasteiger partial charge in [-0.05, 0) is 30.5 Å². The van der Waals surface area contributed by atoms with Crippen molar-refractivity contribution in [2.75, 3.05) is 46.5 Å². The van der Waals surface area contributed by atoms with Crippen molar-refractivity contribution in [1.29, 1.82) is 0 Å². The molecule has 9 nitrogen and oxygen atoms in total. The molecule has 1 aromatic carbocycles. The third-order valence-corrected chi connectivity index (χ3v) is 6.60. The number of carbonyl (C=O) groups excluding carboxylic acids is 2. The SMILES string of the molecule is COc1cc(CCC(=O)OCC(=O)N(C)[C@@H]2CCS(=O)(=O)C2)cc(OC)c1OC. The number of methoxy groups -OCH3 is 3. The highest BCUT2D eigenvalue weighted by Crippen LogP contribution is 2.38. The van der Waals surface area contributed by atoms with Gasteiger partial charge in [0.2, 0.25) is 5.75 Å². The molecular weight excluding hydrogens is 402 g/mol. The predicted octanol–water partition coefficient (Wildman–Crippen LogP) is 0.834. The predicted molar refractivity (Wildman–Crippen MR) is 105 cm³/mol. The lowest BCUT2D eigenvalue weighted by Crippen LogP contribution is -2.40. The Morgan fingerprint density at radius 3 is 2.21 bits per heavy atom. The van der Waals surface area contributed by atoms with Gasteiger partial charge in [-0.2, -0.15) is 0 Å². The van der Waals surface area contributed by atoms with Crippen LogP contribution in [0, 0.1) is 0 Å². The van der Waals surface area contributed by atoms with Crippen molar-refractivity contribution < 1.29 is 37.0 Å². The highest BCUT2D eigenvalue weighted by Gasteiger charge is 2.32. The summed E-state index contributed by atoms with van der Waals surface area (Å²) in [6.07, 6.45) is 0.827. The Labute approximate surface area is 170 Å². The normalized spacial score (nSPS) is 17.4. The summed E-state index contributed by atoms with van der Waals surface area (Å²) in [6.45, 7) is -0.416. The second kappa shape index (κ2) is 9.82. The van der Waals surface area contributed by atoms with Crippen molar-refractivity contribution in [3.63, 3.8) is 0 Å². The molecule has 0 N–H and O–H groups in total. The number of hydrogen-bond acceptors (Lipinski definition) is 8. The standard InChI is InChI=1S/C19H27NO8S/c1-20(14-7-8-29(23,24)12-14)17(21)11-28-18(22)6-5-13-9-15(25-2)19(27-4)16(10-13)26-3/h9-10,14H,5-8,11-12H2,1-4H3/t14-/m1/s1. The maximum atomic E-state index is 12.2. The van der Waals surface area contributed by atoms with Crippen molar-refractivity contribution in [2.24, 2.45) is 0 Å². The zero-order valence-corrected chi connectivity index (χ0v) is 17.9. The van der Waals surface area contributed by atoms with Gasteiger partial charge in [-0.15, -0.1) is 0 Å². The van der Waals surface area contributed by atoms with Crippen molar-refractivity contribution in [3.8, 4) is 17.2 Å². The molecule has 0 unspecified atom stereocenters. The minimum atomic E-state index is -3.09. The van der Waals surface area contributed by atoms with Crippen LogP contribution < -0.4 is 14.2 Å². The second-order valence-electron chi connectivity index (χ2n) is 6.76. The van der Waals surface area contributed by atoms with E-state index in [1.165, 1.54) is 33.3 Å². The summed E-state index contributed by atoms with van der Waals surface area (Å²) in [7, 11) is 2.95. The van der Waals surface area contributed by atoms with E-state index >= 15 is 0 Å². The van der Waals surface area contributed by atoms with E-state index in [0.717, 1.165) is 5.56 Å². The van der Waals surface area contributed by atoms with Gasteiger partial charge in [0, 0.05) is 19.5 Å². The Kier molecular flexibility index (Phi) is 7.72. The molecule has 0 spiro atoms. The monoisotopic (exact) mass is 429 g/mol. The van der Waals surface area contributed by atoms with E-state index in [-0.39, 0.29) is 24.0 Å². The summed E-state index contributed by atoms with van der Waals surface area (Å²) >= 11 is 0. The van der Waals surface area contributed by atoms with E-state index in [2.05, 4.69) is 0 Å². The lowest BCUT2D eigenvalue weighted by molar-refractivity contribution is -0.152.